The molecule has 1 amide bonds. The normalized spacial score (nSPS) is 10.9. The number of hydrogen-bond acceptors (Lipinski definition) is 2. The van der Waals surface area contributed by atoms with E-state index >= 15 is 0 Å². The number of benzene rings is 1. The van der Waals surface area contributed by atoms with Crippen LogP contribution in [0.1, 0.15) is 23.7 Å². The van der Waals surface area contributed by atoms with Crippen LogP contribution in [0.2, 0.25) is 0 Å². The number of carbonyl (C=O) groups excluding carboxylic acids is 1. The van der Waals surface area contributed by atoms with Crippen molar-refractivity contribution in [2.24, 2.45) is 5.10 Å². The molecule has 2 aromatic rings. The summed E-state index contributed by atoms with van der Waals surface area (Å²) in [5.41, 5.74) is 6.92. The molecule has 98 valence electrons. The van der Waals surface area contributed by atoms with Crippen molar-refractivity contribution >= 4 is 12.1 Å². The molecule has 4 nitrogen and oxygen atoms in total. The fourth-order valence-electron chi connectivity index (χ4n) is 1.90. The maximum atomic E-state index is 10.8. The molecule has 0 aliphatic carbocycles. The molecule has 4 heteroatoms. The van der Waals surface area contributed by atoms with E-state index in [2.05, 4.69) is 36.5 Å². The number of nitrogens with zero attached hydrogens (tertiary/aromatic N) is 2. The van der Waals surface area contributed by atoms with Gasteiger partial charge in [-0.25, -0.2) is 5.43 Å². The Morgan fingerprint density at radius 1 is 1.26 bits per heavy atom. The van der Waals surface area contributed by atoms with E-state index < -0.39 is 0 Å². The van der Waals surface area contributed by atoms with E-state index in [0.717, 1.165) is 11.4 Å². The minimum atomic E-state index is -0.180. The molecule has 0 spiro atoms. The Bertz CT molecular complexity index is 626. The highest BCUT2D eigenvalue weighted by Crippen LogP contribution is 2.19. The molecule has 0 fully saturated rings. The van der Waals surface area contributed by atoms with Gasteiger partial charge in [-0.2, -0.15) is 5.10 Å². The van der Waals surface area contributed by atoms with Crippen LogP contribution >= 0.6 is 0 Å². The van der Waals surface area contributed by atoms with Crippen LogP contribution in [0.15, 0.2) is 41.6 Å². The summed E-state index contributed by atoms with van der Waals surface area (Å²) in [5, 5.41) is 3.91. The molecule has 0 atom stereocenters. The molecule has 2 rings (SSSR count). The number of amides is 1. The smallest absolute Gasteiger partial charge is 0.236 e. The summed E-state index contributed by atoms with van der Waals surface area (Å²) in [7, 11) is 0. The zero-order valence-corrected chi connectivity index (χ0v) is 11.3. The molecule has 19 heavy (non-hydrogen) atoms. The SMILES string of the molecule is CC(=O)N/N=C\c1cccn1-c1cccc(C)c1C. The molecule has 0 bridgehead atoms. The summed E-state index contributed by atoms with van der Waals surface area (Å²) in [4.78, 5) is 10.8. The molecule has 1 aromatic heterocycles. The lowest BCUT2D eigenvalue weighted by Gasteiger charge is -2.11. The van der Waals surface area contributed by atoms with E-state index in [9.17, 15) is 4.79 Å². The molecule has 1 N–H and O–H groups in total. The zero-order valence-electron chi connectivity index (χ0n) is 11.3. The van der Waals surface area contributed by atoms with Crippen molar-refractivity contribution in [3.05, 3.63) is 53.3 Å². The van der Waals surface area contributed by atoms with E-state index in [0.29, 0.717) is 0 Å². The summed E-state index contributed by atoms with van der Waals surface area (Å²) >= 11 is 0. The van der Waals surface area contributed by atoms with Gasteiger partial charge < -0.3 is 4.57 Å². The predicted octanol–water partition coefficient (Wildman–Crippen LogP) is 2.56. The molecule has 0 radical (unpaired) electrons. The average Bonchev–Trinajstić information content (AvgIpc) is 2.80. The minimum absolute atomic E-state index is 0.180. The molecule has 0 unspecified atom stereocenters. The highest BCUT2D eigenvalue weighted by molar-refractivity contribution is 5.81. The van der Waals surface area contributed by atoms with E-state index in [-0.39, 0.29) is 5.91 Å². The molecule has 0 saturated carbocycles. The second-order valence-electron chi connectivity index (χ2n) is 4.45. The van der Waals surface area contributed by atoms with Crippen LogP contribution in [0.4, 0.5) is 0 Å². The summed E-state index contributed by atoms with van der Waals surface area (Å²) < 4.78 is 2.05. The zero-order chi connectivity index (χ0) is 13.8. The minimum Gasteiger partial charge on any atom is -0.315 e. The third-order valence-electron chi connectivity index (χ3n) is 3.03. The number of carbonyl (C=O) groups is 1. The predicted molar refractivity (Wildman–Crippen MR) is 76.7 cm³/mol. The Kier molecular flexibility index (Phi) is 3.80. The van der Waals surface area contributed by atoms with Gasteiger partial charge in [-0.05, 0) is 43.2 Å². The van der Waals surface area contributed by atoms with Gasteiger partial charge in [0.1, 0.15) is 0 Å². The Hall–Kier alpha value is -2.36. The molecule has 0 aliphatic heterocycles. The van der Waals surface area contributed by atoms with Crippen molar-refractivity contribution in [1.82, 2.24) is 9.99 Å². The lowest BCUT2D eigenvalue weighted by Crippen LogP contribution is -2.13. The largest absolute Gasteiger partial charge is 0.315 e. The number of rotatable bonds is 3. The summed E-state index contributed by atoms with van der Waals surface area (Å²) in [6.07, 6.45) is 3.63. The van der Waals surface area contributed by atoms with Gasteiger partial charge in [-0.15, -0.1) is 0 Å². The first-order valence-corrected chi connectivity index (χ1v) is 6.13. The second kappa shape index (κ2) is 5.52. The van der Waals surface area contributed by atoms with Crippen LogP contribution in [-0.4, -0.2) is 16.7 Å². The highest BCUT2D eigenvalue weighted by Gasteiger charge is 2.05. The van der Waals surface area contributed by atoms with Gasteiger partial charge in [0.25, 0.3) is 0 Å². The van der Waals surface area contributed by atoms with E-state index in [1.54, 1.807) is 6.21 Å². The first-order chi connectivity index (χ1) is 9.09. The Morgan fingerprint density at radius 3 is 2.79 bits per heavy atom. The Balaban J connectivity index is 2.36. The molecule has 1 aromatic carbocycles. The van der Waals surface area contributed by atoms with Crippen molar-refractivity contribution in [2.45, 2.75) is 20.8 Å². The monoisotopic (exact) mass is 255 g/mol. The molecule has 1 heterocycles. The van der Waals surface area contributed by atoms with Gasteiger partial charge in [0.15, 0.2) is 0 Å². The van der Waals surface area contributed by atoms with Gasteiger partial charge in [-0.1, -0.05) is 12.1 Å². The molecular weight excluding hydrogens is 238 g/mol. The maximum Gasteiger partial charge on any atom is 0.236 e. The first-order valence-electron chi connectivity index (χ1n) is 6.13. The van der Waals surface area contributed by atoms with Crippen LogP contribution in [0.5, 0.6) is 0 Å². The number of nitrogens with one attached hydrogen (secondary N) is 1. The van der Waals surface area contributed by atoms with Gasteiger partial charge >= 0.3 is 0 Å². The van der Waals surface area contributed by atoms with Gasteiger partial charge in [0.2, 0.25) is 5.91 Å². The van der Waals surface area contributed by atoms with E-state index in [1.807, 2.05) is 29.0 Å². The Morgan fingerprint density at radius 2 is 2.05 bits per heavy atom. The van der Waals surface area contributed by atoms with E-state index in [1.165, 1.54) is 18.1 Å². The summed E-state index contributed by atoms with van der Waals surface area (Å²) in [5.74, 6) is -0.180. The number of hydrazone groups is 1. The fourth-order valence-corrected chi connectivity index (χ4v) is 1.90. The highest BCUT2D eigenvalue weighted by atomic mass is 16.2. The average molecular weight is 255 g/mol. The standard InChI is InChI=1S/C15H17N3O/c1-11-6-4-8-15(12(11)2)18-9-5-7-14(18)10-16-17-13(3)19/h4-10H,1-3H3,(H,17,19)/b16-10-. The van der Waals surface area contributed by atoms with Gasteiger partial charge in [0, 0.05) is 18.8 Å². The van der Waals surface area contributed by atoms with Gasteiger partial charge in [0.05, 0.1) is 11.9 Å². The van der Waals surface area contributed by atoms with Crippen molar-refractivity contribution in [1.29, 1.82) is 0 Å². The van der Waals surface area contributed by atoms with Crippen molar-refractivity contribution < 1.29 is 4.79 Å². The maximum absolute atomic E-state index is 10.8. The molecular formula is C15H17N3O. The topological polar surface area (TPSA) is 46.4 Å². The fraction of sp³-hybridized carbons (Fsp3) is 0.200. The van der Waals surface area contributed by atoms with Crippen LogP contribution in [0, 0.1) is 13.8 Å². The summed E-state index contributed by atoms with van der Waals surface area (Å²) in [6.45, 7) is 5.62. The van der Waals surface area contributed by atoms with Crippen molar-refractivity contribution in [2.75, 3.05) is 0 Å². The third kappa shape index (κ3) is 2.91. The van der Waals surface area contributed by atoms with Gasteiger partial charge in [-0.3, -0.25) is 4.79 Å². The Labute approximate surface area is 112 Å². The lowest BCUT2D eigenvalue weighted by atomic mass is 10.1. The number of aromatic nitrogens is 1. The lowest BCUT2D eigenvalue weighted by molar-refractivity contribution is -0.118. The second-order valence-corrected chi connectivity index (χ2v) is 4.45. The third-order valence-corrected chi connectivity index (χ3v) is 3.03. The van der Waals surface area contributed by atoms with Crippen LogP contribution in [0.25, 0.3) is 5.69 Å². The van der Waals surface area contributed by atoms with E-state index in [4.69, 9.17) is 0 Å². The molecule has 0 aliphatic rings. The number of aryl methyl sites for hydroxylation is 1. The number of hydrogen-bond donors (Lipinski definition) is 1. The van der Waals surface area contributed by atoms with Crippen LogP contribution < -0.4 is 5.43 Å². The van der Waals surface area contributed by atoms with Crippen molar-refractivity contribution in [3.8, 4) is 5.69 Å². The van der Waals surface area contributed by atoms with Crippen molar-refractivity contribution in [3.63, 3.8) is 0 Å². The molecule has 0 saturated heterocycles. The van der Waals surface area contributed by atoms with Crippen LogP contribution in [0.3, 0.4) is 0 Å². The first kappa shape index (κ1) is 13.1. The summed E-state index contributed by atoms with van der Waals surface area (Å²) in [6, 6.07) is 10.1. The quantitative estimate of drug-likeness (QED) is 0.665. The van der Waals surface area contributed by atoms with Crippen LogP contribution in [-0.2, 0) is 4.79 Å².